The molecule has 0 spiro atoms. The Labute approximate surface area is 121 Å². The standard InChI is InChI=1S/C14H25ClN4/c1-10(2)19-6-5-12(9-19)7-16-8-13-14(15)11(3)17-18(13)4/h10,12,16H,5-9H2,1-4H3. The minimum atomic E-state index is 0.666. The summed E-state index contributed by atoms with van der Waals surface area (Å²) in [5.74, 6) is 0.760. The zero-order chi connectivity index (χ0) is 14.0. The number of likely N-dealkylation sites (tertiary alicyclic amines) is 1. The summed E-state index contributed by atoms with van der Waals surface area (Å²) in [7, 11) is 1.95. The highest BCUT2D eigenvalue weighted by atomic mass is 35.5. The quantitative estimate of drug-likeness (QED) is 0.900. The van der Waals surface area contributed by atoms with Crippen molar-refractivity contribution in [3.8, 4) is 0 Å². The summed E-state index contributed by atoms with van der Waals surface area (Å²) in [6.45, 7) is 10.8. The molecule has 0 amide bonds. The lowest BCUT2D eigenvalue weighted by Gasteiger charge is -2.20. The number of aryl methyl sites for hydroxylation is 2. The Bertz CT molecular complexity index is 427. The third-order valence-corrected chi connectivity index (χ3v) is 4.53. The second-order valence-corrected chi connectivity index (χ2v) is 6.22. The molecular formula is C14H25ClN4. The van der Waals surface area contributed by atoms with Gasteiger partial charge in [0.15, 0.2) is 0 Å². The fourth-order valence-electron chi connectivity index (χ4n) is 2.77. The van der Waals surface area contributed by atoms with Gasteiger partial charge in [0.25, 0.3) is 0 Å². The van der Waals surface area contributed by atoms with Gasteiger partial charge in [-0.2, -0.15) is 5.10 Å². The molecule has 4 nitrogen and oxygen atoms in total. The lowest BCUT2D eigenvalue weighted by molar-refractivity contribution is 0.264. The number of hydrogen-bond acceptors (Lipinski definition) is 3. The first-order chi connectivity index (χ1) is 8.99. The van der Waals surface area contributed by atoms with Crippen molar-refractivity contribution in [3.05, 3.63) is 16.4 Å². The van der Waals surface area contributed by atoms with E-state index in [9.17, 15) is 0 Å². The molecule has 1 saturated heterocycles. The predicted molar refractivity (Wildman–Crippen MR) is 79.5 cm³/mol. The van der Waals surface area contributed by atoms with Crippen LogP contribution in [-0.2, 0) is 13.6 Å². The maximum absolute atomic E-state index is 6.24. The number of nitrogens with one attached hydrogen (secondary N) is 1. The highest BCUT2D eigenvalue weighted by Gasteiger charge is 2.23. The lowest BCUT2D eigenvalue weighted by atomic mass is 10.1. The first kappa shape index (κ1) is 14.8. The van der Waals surface area contributed by atoms with Crippen LogP contribution in [0.15, 0.2) is 0 Å². The van der Waals surface area contributed by atoms with Crippen molar-refractivity contribution in [2.24, 2.45) is 13.0 Å². The fourth-order valence-corrected chi connectivity index (χ4v) is 2.99. The SMILES string of the molecule is Cc1nn(C)c(CNCC2CCN(C(C)C)C2)c1Cl. The number of rotatable bonds is 5. The predicted octanol–water partition coefficient (Wildman–Crippen LogP) is 2.20. The van der Waals surface area contributed by atoms with Crippen molar-refractivity contribution in [1.29, 1.82) is 0 Å². The summed E-state index contributed by atoms with van der Waals surface area (Å²) in [5.41, 5.74) is 1.99. The van der Waals surface area contributed by atoms with Gasteiger partial charge in [0.2, 0.25) is 0 Å². The van der Waals surface area contributed by atoms with E-state index in [-0.39, 0.29) is 0 Å². The topological polar surface area (TPSA) is 33.1 Å². The van der Waals surface area contributed by atoms with E-state index in [0.717, 1.165) is 35.4 Å². The molecule has 1 unspecified atom stereocenters. The molecule has 5 heteroatoms. The first-order valence-electron chi connectivity index (χ1n) is 7.11. The van der Waals surface area contributed by atoms with Crippen molar-refractivity contribution >= 4 is 11.6 Å². The normalized spacial score (nSPS) is 20.6. The van der Waals surface area contributed by atoms with Crippen LogP contribution >= 0.6 is 11.6 Å². The van der Waals surface area contributed by atoms with Crippen LogP contribution in [0.25, 0.3) is 0 Å². The van der Waals surface area contributed by atoms with E-state index in [0.29, 0.717) is 6.04 Å². The molecule has 1 fully saturated rings. The average molecular weight is 285 g/mol. The van der Waals surface area contributed by atoms with E-state index in [1.807, 2.05) is 18.7 Å². The minimum Gasteiger partial charge on any atom is -0.311 e. The molecular weight excluding hydrogens is 260 g/mol. The van der Waals surface area contributed by atoms with Crippen molar-refractivity contribution < 1.29 is 0 Å². The number of halogens is 1. The van der Waals surface area contributed by atoms with Gasteiger partial charge in [-0.15, -0.1) is 0 Å². The molecule has 108 valence electrons. The molecule has 1 aliphatic rings. The molecule has 0 aromatic carbocycles. The van der Waals surface area contributed by atoms with E-state index in [1.165, 1.54) is 19.5 Å². The van der Waals surface area contributed by atoms with Crippen LogP contribution < -0.4 is 5.32 Å². The van der Waals surface area contributed by atoms with E-state index in [4.69, 9.17) is 11.6 Å². The van der Waals surface area contributed by atoms with Gasteiger partial charge >= 0.3 is 0 Å². The van der Waals surface area contributed by atoms with Gasteiger partial charge in [-0.25, -0.2) is 0 Å². The summed E-state index contributed by atoms with van der Waals surface area (Å²) in [6.07, 6.45) is 1.29. The second kappa shape index (κ2) is 6.25. The minimum absolute atomic E-state index is 0.666. The van der Waals surface area contributed by atoms with Crippen LogP contribution in [0.4, 0.5) is 0 Å². The lowest BCUT2D eigenvalue weighted by Crippen LogP contribution is -2.30. The molecule has 2 rings (SSSR count). The molecule has 0 bridgehead atoms. The van der Waals surface area contributed by atoms with Gasteiger partial charge in [-0.05, 0) is 46.2 Å². The van der Waals surface area contributed by atoms with Crippen LogP contribution in [0.3, 0.4) is 0 Å². The van der Waals surface area contributed by atoms with E-state index < -0.39 is 0 Å². The van der Waals surface area contributed by atoms with Crippen molar-refractivity contribution in [2.45, 2.75) is 39.8 Å². The molecule has 0 aliphatic carbocycles. The molecule has 0 radical (unpaired) electrons. The van der Waals surface area contributed by atoms with Crippen molar-refractivity contribution in [2.75, 3.05) is 19.6 Å². The largest absolute Gasteiger partial charge is 0.311 e. The highest BCUT2D eigenvalue weighted by molar-refractivity contribution is 6.31. The van der Waals surface area contributed by atoms with Gasteiger partial charge in [0.1, 0.15) is 0 Å². The van der Waals surface area contributed by atoms with Crippen LogP contribution in [0.5, 0.6) is 0 Å². The highest BCUT2D eigenvalue weighted by Crippen LogP contribution is 2.20. The average Bonchev–Trinajstić information content (AvgIpc) is 2.90. The Morgan fingerprint density at radius 2 is 2.21 bits per heavy atom. The van der Waals surface area contributed by atoms with Crippen LogP contribution in [-0.4, -0.2) is 40.4 Å². The maximum Gasteiger partial charge on any atom is 0.0860 e. The number of hydrogen-bond donors (Lipinski definition) is 1. The van der Waals surface area contributed by atoms with Gasteiger partial charge in [-0.3, -0.25) is 4.68 Å². The third kappa shape index (κ3) is 3.50. The zero-order valence-electron chi connectivity index (χ0n) is 12.4. The first-order valence-corrected chi connectivity index (χ1v) is 7.49. The van der Waals surface area contributed by atoms with Gasteiger partial charge in [0.05, 0.1) is 16.4 Å². The smallest absolute Gasteiger partial charge is 0.0860 e. The molecule has 19 heavy (non-hydrogen) atoms. The van der Waals surface area contributed by atoms with Gasteiger partial charge in [0, 0.05) is 26.2 Å². The third-order valence-electron chi connectivity index (χ3n) is 4.03. The number of nitrogens with zero attached hydrogens (tertiary/aromatic N) is 3. The summed E-state index contributed by atoms with van der Waals surface area (Å²) in [4.78, 5) is 2.55. The van der Waals surface area contributed by atoms with E-state index >= 15 is 0 Å². The summed E-state index contributed by atoms with van der Waals surface area (Å²) < 4.78 is 1.87. The number of aromatic nitrogens is 2. The summed E-state index contributed by atoms with van der Waals surface area (Å²) in [5, 5.41) is 8.66. The second-order valence-electron chi connectivity index (χ2n) is 5.84. The Morgan fingerprint density at radius 1 is 1.47 bits per heavy atom. The zero-order valence-corrected chi connectivity index (χ0v) is 13.2. The van der Waals surface area contributed by atoms with E-state index in [1.54, 1.807) is 0 Å². The molecule has 0 saturated carbocycles. The van der Waals surface area contributed by atoms with Crippen LogP contribution in [0.1, 0.15) is 31.7 Å². The maximum atomic E-state index is 6.24. The monoisotopic (exact) mass is 284 g/mol. The van der Waals surface area contributed by atoms with Gasteiger partial charge in [-0.1, -0.05) is 11.6 Å². The molecule has 2 heterocycles. The summed E-state index contributed by atoms with van der Waals surface area (Å²) in [6, 6.07) is 0.666. The Kier molecular flexibility index (Phi) is 4.87. The fraction of sp³-hybridized carbons (Fsp3) is 0.786. The van der Waals surface area contributed by atoms with E-state index in [2.05, 4.69) is 29.2 Å². The Hall–Kier alpha value is -0.580. The molecule has 1 aromatic rings. The van der Waals surface area contributed by atoms with Crippen LogP contribution in [0, 0.1) is 12.8 Å². The summed E-state index contributed by atoms with van der Waals surface area (Å²) >= 11 is 6.24. The van der Waals surface area contributed by atoms with Gasteiger partial charge < -0.3 is 10.2 Å². The molecule has 1 N–H and O–H groups in total. The molecule has 1 aromatic heterocycles. The molecule has 1 aliphatic heterocycles. The molecule has 1 atom stereocenters. The van der Waals surface area contributed by atoms with Crippen molar-refractivity contribution in [1.82, 2.24) is 20.0 Å². The van der Waals surface area contributed by atoms with Crippen LogP contribution in [0.2, 0.25) is 5.02 Å². The van der Waals surface area contributed by atoms with Crippen molar-refractivity contribution in [3.63, 3.8) is 0 Å². The Morgan fingerprint density at radius 3 is 2.74 bits per heavy atom. The Balaban J connectivity index is 1.78.